The Balaban J connectivity index is 2.74. The Bertz CT molecular complexity index is 258. The molecule has 0 saturated carbocycles. The summed E-state index contributed by atoms with van der Waals surface area (Å²) in [7, 11) is 0. The molecule has 1 N–H and O–H groups in total. The van der Waals surface area contributed by atoms with Crippen LogP contribution < -0.4 is 5.32 Å². The van der Waals surface area contributed by atoms with Gasteiger partial charge in [-0.2, -0.15) is 0 Å². The highest BCUT2D eigenvalue weighted by atomic mass is 79.9. The van der Waals surface area contributed by atoms with E-state index in [-0.39, 0.29) is 6.04 Å². The Morgan fingerprint density at radius 3 is 2.50 bits per heavy atom. The second-order valence-electron chi connectivity index (χ2n) is 2.56. The molecule has 0 heterocycles. The summed E-state index contributed by atoms with van der Waals surface area (Å²) in [6.45, 7) is 1.94. The first kappa shape index (κ1) is 9.26. The van der Waals surface area contributed by atoms with Gasteiger partial charge in [-0.1, -0.05) is 28.1 Å². The molecule has 0 spiro atoms. The average molecular weight is 228 g/mol. The molecule has 2 nitrogen and oxygen atoms in total. The molecule has 1 rings (SSSR count). The number of rotatable bonds is 3. The van der Waals surface area contributed by atoms with Gasteiger partial charge in [0.1, 0.15) is 0 Å². The molecular formula is C9H10BrNO. The number of hydrogen-bond acceptors (Lipinski definition) is 1. The van der Waals surface area contributed by atoms with Crippen molar-refractivity contribution in [3.63, 3.8) is 0 Å². The number of halogens is 1. The summed E-state index contributed by atoms with van der Waals surface area (Å²) in [6, 6.07) is 7.95. The van der Waals surface area contributed by atoms with Crippen LogP contribution in [0.15, 0.2) is 28.7 Å². The van der Waals surface area contributed by atoms with Gasteiger partial charge in [-0.15, -0.1) is 0 Å². The second-order valence-corrected chi connectivity index (χ2v) is 3.47. The summed E-state index contributed by atoms with van der Waals surface area (Å²) in [5.41, 5.74) is 1.10. The lowest BCUT2D eigenvalue weighted by atomic mass is 10.1. The molecule has 0 aliphatic heterocycles. The van der Waals surface area contributed by atoms with Crippen molar-refractivity contribution in [2.75, 3.05) is 0 Å². The molecule has 1 aromatic rings. The van der Waals surface area contributed by atoms with Crippen molar-refractivity contribution in [3.8, 4) is 0 Å². The van der Waals surface area contributed by atoms with Crippen molar-refractivity contribution in [1.29, 1.82) is 0 Å². The lowest BCUT2D eigenvalue weighted by Gasteiger charge is -2.09. The Labute approximate surface area is 80.1 Å². The number of hydrogen-bond donors (Lipinski definition) is 1. The van der Waals surface area contributed by atoms with Crippen LogP contribution in [0.5, 0.6) is 0 Å². The topological polar surface area (TPSA) is 29.1 Å². The lowest BCUT2D eigenvalue weighted by Crippen LogP contribution is -2.15. The van der Waals surface area contributed by atoms with Crippen LogP contribution in [-0.4, -0.2) is 6.41 Å². The Hall–Kier alpha value is -0.830. The SMILES string of the molecule is CC(NC=O)c1ccc(Br)cc1. The van der Waals surface area contributed by atoms with Crippen LogP contribution in [0.1, 0.15) is 18.5 Å². The van der Waals surface area contributed by atoms with Gasteiger partial charge in [0.2, 0.25) is 6.41 Å². The van der Waals surface area contributed by atoms with Gasteiger partial charge >= 0.3 is 0 Å². The number of amides is 1. The van der Waals surface area contributed by atoms with E-state index in [1.165, 1.54) is 0 Å². The monoisotopic (exact) mass is 227 g/mol. The quantitative estimate of drug-likeness (QED) is 0.790. The first-order valence-electron chi connectivity index (χ1n) is 3.69. The van der Waals surface area contributed by atoms with Gasteiger partial charge in [0.05, 0.1) is 6.04 Å². The second kappa shape index (κ2) is 4.26. The van der Waals surface area contributed by atoms with E-state index in [1.54, 1.807) is 0 Å². The van der Waals surface area contributed by atoms with E-state index in [9.17, 15) is 4.79 Å². The molecule has 0 bridgehead atoms. The van der Waals surface area contributed by atoms with Crippen LogP contribution in [0.2, 0.25) is 0 Å². The number of nitrogens with one attached hydrogen (secondary N) is 1. The zero-order valence-electron chi connectivity index (χ0n) is 6.75. The highest BCUT2D eigenvalue weighted by Gasteiger charge is 2.01. The third-order valence-corrected chi connectivity index (χ3v) is 2.22. The zero-order valence-corrected chi connectivity index (χ0v) is 8.34. The fourth-order valence-electron chi connectivity index (χ4n) is 0.950. The van der Waals surface area contributed by atoms with Crippen molar-refractivity contribution in [2.24, 2.45) is 0 Å². The van der Waals surface area contributed by atoms with Crippen LogP contribution in [0, 0.1) is 0 Å². The van der Waals surface area contributed by atoms with E-state index < -0.39 is 0 Å². The van der Waals surface area contributed by atoms with Crippen LogP contribution >= 0.6 is 15.9 Å². The van der Waals surface area contributed by atoms with E-state index in [1.807, 2.05) is 31.2 Å². The molecule has 0 aliphatic rings. The van der Waals surface area contributed by atoms with Crippen LogP contribution in [0.25, 0.3) is 0 Å². The van der Waals surface area contributed by atoms with Gasteiger partial charge in [-0.05, 0) is 24.6 Å². The highest BCUT2D eigenvalue weighted by Crippen LogP contribution is 2.15. The maximum Gasteiger partial charge on any atom is 0.207 e. The third-order valence-electron chi connectivity index (χ3n) is 1.69. The zero-order chi connectivity index (χ0) is 8.97. The molecule has 0 saturated heterocycles. The summed E-state index contributed by atoms with van der Waals surface area (Å²) in [4.78, 5) is 10.1. The summed E-state index contributed by atoms with van der Waals surface area (Å²) in [6.07, 6.45) is 0.715. The maximum absolute atomic E-state index is 10.1. The minimum atomic E-state index is 0.0793. The molecule has 0 fully saturated rings. The molecule has 0 radical (unpaired) electrons. The number of carbonyl (C=O) groups is 1. The van der Waals surface area contributed by atoms with Crippen molar-refractivity contribution in [1.82, 2.24) is 5.32 Å². The fraction of sp³-hybridized carbons (Fsp3) is 0.222. The normalized spacial score (nSPS) is 12.2. The van der Waals surface area contributed by atoms with Crippen molar-refractivity contribution < 1.29 is 4.79 Å². The Morgan fingerprint density at radius 1 is 1.42 bits per heavy atom. The Kier molecular flexibility index (Phi) is 3.29. The highest BCUT2D eigenvalue weighted by molar-refractivity contribution is 9.10. The predicted molar refractivity (Wildman–Crippen MR) is 51.8 cm³/mol. The molecule has 1 amide bonds. The molecule has 64 valence electrons. The molecule has 0 aliphatic carbocycles. The van der Waals surface area contributed by atoms with Gasteiger partial charge in [0.15, 0.2) is 0 Å². The van der Waals surface area contributed by atoms with Crippen molar-refractivity contribution in [2.45, 2.75) is 13.0 Å². The van der Waals surface area contributed by atoms with Gasteiger partial charge in [-0.3, -0.25) is 4.79 Å². The smallest absolute Gasteiger partial charge is 0.207 e. The van der Waals surface area contributed by atoms with Gasteiger partial charge in [0, 0.05) is 4.47 Å². The molecule has 12 heavy (non-hydrogen) atoms. The van der Waals surface area contributed by atoms with Crippen LogP contribution in [0.4, 0.5) is 0 Å². The van der Waals surface area contributed by atoms with Gasteiger partial charge < -0.3 is 5.32 Å². The third kappa shape index (κ3) is 2.34. The standard InChI is InChI=1S/C9H10BrNO/c1-7(11-6-12)8-2-4-9(10)5-3-8/h2-7H,1H3,(H,11,12). The lowest BCUT2D eigenvalue weighted by molar-refractivity contribution is -0.110. The van der Waals surface area contributed by atoms with Gasteiger partial charge in [0.25, 0.3) is 0 Å². The average Bonchev–Trinajstić information content (AvgIpc) is 2.06. The summed E-state index contributed by atoms with van der Waals surface area (Å²) in [5, 5.41) is 2.69. The molecule has 3 heteroatoms. The van der Waals surface area contributed by atoms with E-state index in [0.717, 1.165) is 10.0 Å². The molecule has 1 aromatic carbocycles. The molecular weight excluding hydrogens is 218 g/mol. The molecule has 1 unspecified atom stereocenters. The molecule has 1 atom stereocenters. The van der Waals surface area contributed by atoms with E-state index in [4.69, 9.17) is 0 Å². The predicted octanol–water partition coefficient (Wildman–Crippen LogP) is 2.26. The fourth-order valence-corrected chi connectivity index (χ4v) is 1.21. The Morgan fingerprint density at radius 2 is 2.00 bits per heavy atom. The minimum absolute atomic E-state index is 0.0793. The summed E-state index contributed by atoms with van der Waals surface area (Å²) >= 11 is 3.34. The van der Waals surface area contributed by atoms with Crippen LogP contribution in [0.3, 0.4) is 0 Å². The first-order valence-corrected chi connectivity index (χ1v) is 4.48. The summed E-state index contributed by atoms with van der Waals surface area (Å²) in [5.74, 6) is 0. The van der Waals surface area contributed by atoms with E-state index in [2.05, 4.69) is 21.2 Å². The van der Waals surface area contributed by atoms with E-state index >= 15 is 0 Å². The van der Waals surface area contributed by atoms with E-state index in [0.29, 0.717) is 6.41 Å². The maximum atomic E-state index is 10.1. The van der Waals surface area contributed by atoms with Gasteiger partial charge in [-0.25, -0.2) is 0 Å². The largest absolute Gasteiger partial charge is 0.352 e. The van der Waals surface area contributed by atoms with Crippen LogP contribution in [-0.2, 0) is 4.79 Å². The van der Waals surface area contributed by atoms with Crippen molar-refractivity contribution >= 4 is 22.3 Å². The van der Waals surface area contributed by atoms with Crippen molar-refractivity contribution in [3.05, 3.63) is 34.3 Å². The summed E-state index contributed by atoms with van der Waals surface area (Å²) < 4.78 is 1.05. The first-order chi connectivity index (χ1) is 5.74. The number of carbonyl (C=O) groups excluding carboxylic acids is 1. The minimum Gasteiger partial charge on any atom is -0.352 e. The number of benzene rings is 1. The molecule has 0 aromatic heterocycles.